The smallest absolute Gasteiger partial charge is 0.147 e. The Morgan fingerprint density at radius 3 is 2.81 bits per heavy atom. The van der Waals surface area contributed by atoms with Crippen LogP contribution in [0.4, 0.5) is 0 Å². The van der Waals surface area contributed by atoms with Crippen LogP contribution in [0.1, 0.15) is 32.6 Å². The molecule has 1 aliphatic heterocycles. The van der Waals surface area contributed by atoms with E-state index in [1.165, 1.54) is 0 Å². The lowest BCUT2D eigenvalue weighted by Gasteiger charge is -2.38. The topological polar surface area (TPSA) is 51.1 Å². The van der Waals surface area contributed by atoms with Gasteiger partial charge in [-0.15, -0.1) is 13.2 Å². The molecule has 1 saturated heterocycles. The molecule has 27 heavy (non-hydrogen) atoms. The van der Waals surface area contributed by atoms with E-state index in [1.54, 1.807) is 20.3 Å². The summed E-state index contributed by atoms with van der Waals surface area (Å²) in [5.74, 6) is 0.594. The molecule has 1 heterocycles. The molecule has 0 N–H and O–H groups in total. The Labute approximate surface area is 163 Å². The van der Waals surface area contributed by atoms with Gasteiger partial charge in [0.15, 0.2) is 0 Å². The summed E-state index contributed by atoms with van der Waals surface area (Å²) in [5, 5.41) is 6.78. The van der Waals surface area contributed by atoms with Gasteiger partial charge in [0.2, 0.25) is 0 Å². The van der Waals surface area contributed by atoms with Crippen LogP contribution >= 0.6 is 0 Å². The lowest BCUT2D eigenvalue weighted by Crippen LogP contribution is -2.40. The summed E-state index contributed by atoms with van der Waals surface area (Å²) in [7, 11) is 3.33. The van der Waals surface area contributed by atoms with Crippen molar-refractivity contribution in [1.29, 1.82) is 0 Å². The first kappa shape index (κ1) is 21.2. The molecule has 5 heteroatoms. The zero-order chi connectivity index (χ0) is 19.9. The zero-order valence-corrected chi connectivity index (χ0v) is 16.8. The van der Waals surface area contributed by atoms with Gasteiger partial charge in [0.05, 0.1) is 31.4 Å². The second kappa shape index (κ2) is 9.70. The Morgan fingerprint density at radius 2 is 2.19 bits per heavy atom. The Bertz CT molecular complexity index is 650. The Balaban J connectivity index is 2.28. The third-order valence-electron chi connectivity index (χ3n) is 5.59. The van der Waals surface area contributed by atoms with Crippen LogP contribution in [-0.4, -0.2) is 50.4 Å². The van der Waals surface area contributed by atoms with E-state index in [-0.39, 0.29) is 11.7 Å². The highest BCUT2D eigenvalue weighted by Gasteiger charge is 2.46. The van der Waals surface area contributed by atoms with E-state index in [0.29, 0.717) is 31.2 Å². The summed E-state index contributed by atoms with van der Waals surface area (Å²) in [4.78, 5) is 13.0. The van der Waals surface area contributed by atoms with Gasteiger partial charge in [0.25, 0.3) is 0 Å². The van der Waals surface area contributed by atoms with Gasteiger partial charge >= 0.3 is 0 Å². The molecule has 2 rings (SSSR count). The molecule has 0 bridgehead atoms. The maximum absolute atomic E-state index is 13.0. The number of rotatable bonds is 10. The van der Waals surface area contributed by atoms with Crippen molar-refractivity contribution in [1.82, 2.24) is 5.01 Å². The second-order valence-electron chi connectivity index (χ2n) is 7.23. The van der Waals surface area contributed by atoms with Gasteiger partial charge in [0, 0.05) is 26.0 Å². The normalized spacial score (nSPS) is 28.0. The van der Waals surface area contributed by atoms with Crippen LogP contribution in [0.2, 0.25) is 0 Å². The third kappa shape index (κ3) is 4.41. The van der Waals surface area contributed by atoms with E-state index in [0.717, 1.165) is 25.0 Å². The van der Waals surface area contributed by atoms with E-state index in [2.05, 4.69) is 18.2 Å². The number of ketones is 1. The monoisotopic (exact) mass is 372 g/mol. The predicted octanol–water partition coefficient (Wildman–Crippen LogP) is 3.90. The molecule has 0 spiro atoms. The molecule has 0 unspecified atom stereocenters. The van der Waals surface area contributed by atoms with Crippen molar-refractivity contribution in [3.8, 4) is 0 Å². The first-order chi connectivity index (χ1) is 13.0. The van der Waals surface area contributed by atoms with Crippen LogP contribution in [0.5, 0.6) is 0 Å². The molecular weight excluding hydrogens is 340 g/mol. The molecule has 3 atom stereocenters. The fourth-order valence-corrected chi connectivity index (χ4v) is 3.99. The van der Waals surface area contributed by atoms with E-state index >= 15 is 0 Å². The molecule has 0 aromatic heterocycles. The minimum Gasteiger partial charge on any atom is -0.500 e. The van der Waals surface area contributed by atoms with Crippen molar-refractivity contribution >= 4 is 12.0 Å². The second-order valence-corrected chi connectivity index (χ2v) is 7.23. The standard InChI is InChI=1S/C22H32N2O3/c1-6-8-11-20(25)22(3)19(7-2)17(12-13-21(22)27-5)15-23-24-14-9-10-18(24)16-26-4/h6-7,12-13,15,18-19H,1-2,8-11,14,16H2,3-5H3/b23-15+/t18-,19+,22-/m1/s1. The van der Waals surface area contributed by atoms with E-state index in [1.807, 2.05) is 31.4 Å². The molecule has 1 aliphatic carbocycles. The summed E-state index contributed by atoms with van der Waals surface area (Å²) in [6.45, 7) is 11.2. The molecule has 0 amide bonds. The number of methoxy groups -OCH3 is 2. The molecule has 2 aliphatic rings. The van der Waals surface area contributed by atoms with Crippen LogP contribution < -0.4 is 0 Å². The van der Waals surface area contributed by atoms with Gasteiger partial charge in [-0.1, -0.05) is 18.2 Å². The van der Waals surface area contributed by atoms with Crippen LogP contribution in [0.3, 0.4) is 0 Å². The number of ether oxygens (including phenoxy) is 2. The van der Waals surface area contributed by atoms with Crippen LogP contribution in [-0.2, 0) is 14.3 Å². The van der Waals surface area contributed by atoms with Crippen molar-refractivity contribution < 1.29 is 14.3 Å². The van der Waals surface area contributed by atoms with Crippen LogP contribution in [0.25, 0.3) is 0 Å². The molecule has 0 aromatic rings. The summed E-state index contributed by atoms with van der Waals surface area (Å²) < 4.78 is 10.9. The van der Waals surface area contributed by atoms with E-state index in [9.17, 15) is 4.79 Å². The molecule has 0 aromatic carbocycles. The highest BCUT2D eigenvalue weighted by Crippen LogP contribution is 2.45. The number of carbonyl (C=O) groups excluding carboxylic acids is 1. The fraction of sp³-hybridized carbons (Fsp3) is 0.545. The molecule has 1 fully saturated rings. The fourth-order valence-electron chi connectivity index (χ4n) is 3.99. The summed E-state index contributed by atoms with van der Waals surface area (Å²) in [5.41, 5.74) is 0.176. The first-order valence-corrected chi connectivity index (χ1v) is 9.55. The number of carbonyl (C=O) groups is 1. The van der Waals surface area contributed by atoms with Crippen LogP contribution in [0.15, 0.2) is 53.9 Å². The van der Waals surface area contributed by atoms with E-state index < -0.39 is 5.41 Å². The number of Topliss-reactive ketones (excluding diaryl/α,β-unsaturated/α-hetero) is 1. The summed E-state index contributed by atoms with van der Waals surface area (Å²) >= 11 is 0. The van der Waals surface area contributed by atoms with Gasteiger partial charge < -0.3 is 9.47 Å². The summed E-state index contributed by atoms with van der Waals surface area (Å²) in [6, 6.07) is 0.309. The maximum Gasteiger partial charge on any atom is 0.147 e. The van der Waals surface area contributed by atoms with Crippen molar-refractivity contribution in [2.24, 2.45) is 16.4 Å². The predicted molar refractivity (Wildman–Crippen MR) is 110 cm³/mol. The molecule has 5 nitrogen and oxygen atoms in total. The van der Waals surface area contributed by atoms with Gasteiger partial charge in [-0.3, -0.25) is 9.80 Å². The highest BCUT2D eigenvalue weighted by molar-refractivity contribution is 5.92. The highest BCUT2D eigenvalue weighted by atomic mass is 16.5. The van der Waals surface area contributed by atoms with Crippen LogP contribution in [0, 0.1) is 11.3 Å². The van der Waals surface area contributed by atoms with Crippen molar-refractivity contribution in [3.05, 3.63) is 48.8 Å². The Hall–Kier alpha value is -2.14. The lowest BCUT2D eigenvalue weighted by atomic mass is 9.66. The average Bonchev–Trinajstić information content (AvgIpc) is 3.11. The quantitative estimate of drug-likeness (QED) is 0.431. The lowest BCUT2D eigenvalue weighted by molar-refractivity contribution is -0.129. The maximum atomic E-state index is 13.0. The minimum atomic E-state index is -0.785. The van der Waals surface area contributed by atoms with E-state index in [4.69, 9.17) is 14.6 Å². The van der Waals surface area contributed by atoms with Gasteiger partial charge in [-0.2, -0.15) is 5.10 Å². The number of nitrogens with zero attached hydrogens (tertiary/aromatic N) is 2. The van der Waals surface area contributed by atoms with Gasteiger partial charge in [-0.05, 0) is 37.8 Å². The number of hydrogen-bond acceptors (Lipinski definition) is 5. The zero-order valence-electron chi connectivity index (χ0n) is 16.8. The number of hydrazone groups is 1. The van der Waals surface area contributed by atoms with Gasteiger partial charge in [0.1, 0.15) is 11.5 Å². The van der Waals surface area contributed by atoms with Crippen molar-refractivity contribution in [2.45, 2.75) is 38.6 Å². The minimum absolute atomic E-state index is 0.123. The summed E-state index contributed by atoms with van der Waals surface area (Å²) in [6.07, 6.45) is 12.6. The van der Waals surface area contributed by atoms with Gasteiger partial charge in [-0.25, -0.2) is 0 Å². The molecule has 0 radical (unpaired) electrons. The largest absolute Gasteiger partial charge is 0.500 e. The Morgan fingerprint density at radius 1 is 1.41 bits per heavy atom. The average molecular weight is 373 g/mol. The number of hydrogen-bond donors (Lipinski definition) is 0. The molecular formula is C22H32N2O3. The molecule has 148 valence electrons. The Kier molecular flexibility index (Phi) is 7.60. The molecule has 0 saturated carbocycles. The van der Waals surface area contributed by atoms with Crippen molar-refractivity contribution in [2.75, 3.05) is 27.4 Å². The number of allylic oxidation sites excluding steroid dienone is 6. The SMILES string of the molecule is C=CCCC(=O)[C@]1(C)C(OC)=CC=C(/C=N/N2CCC[C@@H]2COC)[C@@H]1C=C. The van der Waals surface area contributed by atoms with Crippen molar-refractivity contribution in [3.63, 3.8) is 0 Å². The third-order valence-corrected chi connectivity index (χ3v) is 5.59. The first-order valence-electron chi connectivity index (χ1n) is 9.55.